The number of benzene rings is 1. The molecular formula is C7H7FN4. The van der Waals surface area contributed by atoms with Crippen molar-refractivity contribution in [2.24, 2.45) is 7.05 Å². The first kappa shape index (κ1) is 7.02. The van der Waals surface area contributed by atoms with E-state index >= 15 is 0 Å². The van der Waals surface area contributed by atoms with Gasteiger partial charge in [0, 0.05) is 12.7 Å². The van der Waals surface area contributed by atoms with Crippen LogP contribution in [0.1, 0.15) is 0 Å². The molecule has 0 bridgehead atoms. The first-order valence-electron chi connectivity index (χ1n) is 3.43. The lowest BCUT2D eigenvalue weighted by molar-refractivity contribution is 0.625. The van der Waals surface area contributed by atoms with E-state index in [1.807, 2.05) is 0 Å². The predicted molar refractivity (Wildman–Crippen MR) is 42.9 cm³/mol. The van der Waals surface area contributed by atoms with Crippen LogP contribution < -0.4 is 5.73 Å². The molecule has 1 heterocycles. The second-order valence-corrected chi connectivity index (χ2v) is 2.56. The van der Waals surface area contributed by atoms with Crippen LogP contribution >= 0.6 is 0 Å². The summed E-state index contributed by atoms with van der Waals surface area (Å²) in [4.78, 5) is 1.31. The van der Waals surface area contributed by atoms with E-state index in [1.165, 1.54) is 10.9 Å². The van der Waals surface area contributed by atoms with Gasteiger partial charge in [-0.2, -0.15) is 15.0 Å². The summed E-state index contributed by atoms with van der Waals surface area (Å²) >= 11 is 0. The fraction of sp³-hybridized carbons (Fsp3) is 0.143. The molecule has 2 aromatic rings. The zero-order valence-corrected chi connectivity index (χ0v) is 6.45. The highest BCUT2D eigenvalue weighted by Gasteiger charge is 2.06. The third-order valence-electron chi connectivity index (χ3n) is 1.56. The normalized spacial score (nSPS) is 10.8. The minimum atomic E-state index is -0.432. The van der Waals surface area contributed by atoms with Crippen molar-refractivity contribution in [1.82, 2.24) is 15.0 Å². The monoisotopic (exact) mass is 166 g/mol. The van der Waals surface area contributed by atoms with Gasteiger partial charge in [0.05, 0.1) is 0 Å². The average molecular weight is 166 g/mol. The zero-order chi connectivity index (χ0) is 8.72. The van der Waals surface area contributed by atoms with Crippen LogP contribution in [-0.2, 0) is 7.05 Å². The smallest absolute Gasteiger partial charge is 0.155 e. The molecule has 0 fully saturated rings. The summed E-state index contributed by atoms with van der Waals surface area (Å²) in [5.74, 6) is -0.432. The Balaban J connectivity index is 2.88. The number of anilines is 1. The Kier molecular flexibility index (Phi) is 1.27. The van der Waals surface area contributed by atoms with Gasteiger partial charge in [0.25, 0.3) is 0 Å². The van der Waals surface area contributed by atoms with E-state index in [1.54, 1.807) is 13.1 Å². The first-order chi connectivity index (χ1) is 5.66. The number of hydrogen-bond acceptors (Lipinski definition) is 3. The molecule has 62 valence electrons. The van der Waals surface area contributed by atoms with Gasteiger partial charge >= 0.3 is 0 Å². The van der Waals surface area contributed by atoms with Crippen LogP contribution in [0.15, 0.2) is 12.1 Å². The van der Waals surface area contributed by atoms with Gasteiger partial charge in [0.2, 0.25) is 0 Å². The molecule has 1 aromatic carbocycles. The number of aryl methyl sites for hydroxylation is 1. The number of rotatable bonds is 0. The summed E-state index contributed by atoms with van der Waals surface area (Å²) in [7, 11) is 1.63. The highest BCUT2D eigenvalue weighted by molar-refractivity contribution is 5.78. The van der Waals surface area contributed by atoms with Crippen molar-refractivity contribution in [3.8, 4) is 0 Å². The molecule has 1 aromatic heterocycles. The largest absolute Gasteiger partial charge is 0.399 e. The van der Waals surface area contributed by atoms with Crippen LogP contribution in [0.3, 0.4) is 0 Å². The number of halogens is 1. The molecule has 2 N–H and O–H groups in total. The summed E-state index contributed by atoms with van der Waals surface area (Å²) in [5.41, 5.74) is 6.52. The van der Waals surface area contributed by atoms with E-state index in [9.17, 15) is 4.39 Å². The molecule has 2 rings (SSSR count). The second-order valence-electron chi connectivity index (χ2n) is 2.56. The number of nitrogens with zero attached hydrogens (tertiary/aromatic N) is 3. The molecule has 0 amide bonds. The van der Waals surface area contributed by atoms with Crippen molar-refractivity contribution < 1.29 is 4.39 Å². The average Bonchev–Trinajstić information content (AvgIpc) is 2.29. The van der Waals surface area contributed by atoms with E-state index in [-0.39, 0.29) is 5.52 Å². The molecule has 0 aliphatic rings. The lowest BCUT2D eigenvalue weighted by Gasteiger charge is -1.91. The van der Waals surface area contributed by atoms with Crippen LogP contribution in [0.5, 0.6) is 0 Å². The maximum Gasteiger partial charge on any atom is 0.155 e. The van der Waals surface area contributed by atoms with Crippen molar-refractivity contribution >= 4 is 16.7 Å². The van der Waals surface area contributed by atoms with Gasteiger partial charge in [0.1, 0.15) is 11.0 Å². The molecular weight excluding hydrogens is 159 g/mol. The van der Waals surface area contributed by atoms with Crippen molar-refractivity contribution in [1.29, 1.82) is 0 Å². The van der Waals surface area contributed by atoms with Gasteiger partial charge < -0.3 is 5.73 Å². The van der Waals surface area contributed by atoms with Crippen molar-refractivity contribution in [3.05, 3.63) is 17.9 Å². The summed E-state index contributed by atoms with van der Waals surface area (Å²) < 4.78 is 13.1. The van der Waals surface area contributed by atoms with Crippen LogP contribution in [0, 0.1) is 5.82 Å². The van der Waals surface area contributed by atoms with Gasteiger partial charge in [-0.25, -0.2) is 4.39 Å². The minimum Gasteiger partial charge on any atom is -0.399 e. The Morgan fingerprint density at radius 1 is 1.42 bits per heavy atom. The second kappa shape index (κ2) is 2.17. The van der Waals surface area contributed by atoms with Crippen LogP contribution in [0.4, 0.5) is 10.1 Å². The molecule has 0 unspecified atom stereocenters. The lowest BCUT2D eigenvalue weighted by Crippen LogP contribution is -1.90. The highest BCUT2D eigenvalue weighted by Crippen LogP contribution is 2.16. The van der Waals surface area contributed by atoms with E-state index in [2.05, 4.69) is 10.2 Å². The summed E-state index contributed by atoms with van der Waals surface area (Å²) in [6.45, 7) is 0. The fourth-order valence-electron chi connectivity index (χ4n) is 1.10. The van der Waals surface area contributed by atoms with Crippen LogP contribution in [0.2, 0.25) is 0 Å². The standard InChI is InChI=1S/C7H7FN4/c1-12-10-6-3-4(9)2-5(8)7(6)11-12/h2-3H,9H2,1H3. The topological polar surface area (TPSA) is 56.7 Å². The Bertz CT molecular complexity index is 434. The molecule has 0 aliphatic heterocycles. The molecule has 5 heteroatoms. The van der Waals surface area contributed by atoms with Crippen molar-refractivity contribution in [3.63, 3.8) is 0 Å². The van der Waals surface area contributed by atoms with Gasteiger partial charge in [0.15, 0.2) is 5.82 Å². The van der Waals surface area contributed by atoms with Gasteiger partial charge in [-0.1, -0.05) is 0 Å². The van der Waals surface area contributed by atoms with Crippen molar-refractivity contribution in [2.75, 3.05) is 5.73 Å². The fourth-order valence-corrected chi connectivity index (χ4v) is 1.10. The number of fused-ring (bicyclic) bond motifs is 1. The summed E-state index contributed by atoms with van der Waals surface area (Å²) in [6, 6.07) is 2.82. The van der Waals surface area contributed by atoms with Crippen LogP contribution in [-0.4, -0.2) is 15.0 Å². The van der Waals surface area contributed by atoms with Gasteiger partial charge in [-0.3, -0.25) is 0 Å². The van der Waals surface area contributed by atoms with Gasteiger partial charge in [-0.15, -0.1) is 0 Å². The number of hydrogen-bond donors (Lipinski definition) is 1. The highest BCUT2D eigenvalue weighted by atomic mass is 19.1. The third-order valence-corrected chi connectivity index (χ3v) is 1.56. The molecule has 0 saturated heterocycles. The predicted octanol–water partition coefficient (Wildman–Crippen LogP) is 0.690. The molecule has 0 saturated carbocycles. The SMILES string of the molecule is Cn1nc2cc(N)cc(F)c2n1. The molecule has 0 radical (unpaired) electrons. The number of nitrogen functional groups attached to an aromatic ring is 1. The van der Waals surface area contributed by atoms with E-state index < -0.39 is 5.82 Å². The first-order valence-corrected chi connectivity index (χ1v) is 3.43. The maximum atomic E-state index is 13.1. The molecule has 4 nitrogen and oxygen atoms in total. The van der Waals surface area contributed by atoms with E-state index in [4.69, 9.17) is 5.73 Å². The Morgan fingerprint density at radius 3 is 2.92 bits per heavy atom. The van der Waals surface area contributed by atoms with Crippen molar-refractivity contribution in [2.45, 2.75) is 0 Å². The van der Waals surface area contributed by atoms with Gasteiger partial charge in [-0.05, 0) is 12.1 Å². The number of aromatic nitrogens is 3. The zero-order valence-electron chi connectivity index (χ0n) is 6.45. The summed E-state index contributed by atoms with van der Waals surface area (Å²) in [6.07, 6.45) is 0. The maximum absolute atomic E-state index is 13.1. The Labute approximate surface area is 67.8 Å². The number of nitrogens with two attached hydrogens (primary N) is 1. The van der Waals surface area contributed by atoms with E-state index in [0.717, 1.165) is 0 Å². The minimum absolute atomic E-state index is 0.256. The molecule has 0 aliphatic carbocycles. The third kappa shape index (κ3) is 0.903. The molecule has 0 atom stereocenters. The summed E-state index contributed by atoms with van der Waals surface area (Å²) in [5, 5.41) is 7.75. The lowest BCUT2D eigenvalue weighted by atomic mass is 10.3. The quantitative estimate of drug-likeness (QED) is 0.586. The Hall–Kier alpha value is -1.65. The Morgan fingerprint density at radius 2 is 2.17 bits per heavy atom. The van der Waals surface area contributed by atoms with Crippen LogP contribution in [0.25, 0.3) is 11.0 Å². The molecule has 0 spiro atoms. The molecule has 12 heavy (non-hydrogen) atoms. The van der Waals surface area contributed by atoms with E-state index in [0.29, 0.717) is 11.2 Å².